The lowest BCUT2D eigenvalue weighted by Crippen LogP contribution is -2.43. The molecule has 2 atom stereocenters. The van der Waals surface area contributed by atoms with E-state index < -0.39 is 0 Å². The number of carbonyl (C=O) groups excluding carboxylic acids is 1. The Bertz CT molecular complexity index is 668. The Morgan fingerprint density at radius 3 is 2.41 bits per heavy atom. The molecule has 1 aliphatic heterocycles. The van der Waals surface area contributed by atoms with Crippen LogP contribution in [0, 0.1) is 0 Å². The minimum absolute atomic E-state index is 0.0855. The van der Waals surface area contributed by atoms with E-state index in [0.29, 0.717) is 6.04 Å². The van der Waals surface area contributed by atoms with Gasteiger partial charge in [0.15, 0.2) is 0 Å². The average Bonchev–Trinajstić information content (AvgIpc) is 2.53. The zero-order chi connectivity index (χ0) is 15.7. The molecule has 1 amide bonds. The first kappa shape index (κ1) is 14.6. The Morgan fingerprint density at radius 2 is 1.73 bits per heavy atom. The first-order valence-electron chi connectivity index (χ1n) is 7.76. The number of rotatable bonds is 2. The molecule has 2 aromatic rings. The number of para-hydroxylation sites is 2. The van der Waals surface area contributed by atoms with E-state index in [4.69, 9.17) is 0 Å². The highest BCUT2D eigenvalue weighted by atomic mass is 16.2. The van der Waals surface area contributed by atoms with Crippen LogP contribution in [0.3, 0.4) is 0 Å². The molecule has 0 bridgehead atoms. The van der Waals surface area contributed by atoms with Crippen LogP contribution in [0.5, 0.6) is 0 Å². The van der Waals surface area contributed by atoms with E-state index in [1.165, 1.54) is 11.3 Å². The van der Waals surface area contributed by atoms with Gasteiger partial charge in [0.2, 0.25) is 5.91 Å². The third kappa shape index (κ3) is 2.47. The number of fused-ring (bicyclic) bond motifs is 1. The summed E-state index contributed by atoms with van der Waals surface area (Å²) in [5, 5.41) is 0. The standard InChI is InChI=1S/C19H22N2O/c1-14-13-19(17-11-7-8-12-18(17)20(14)3)21(15(2)22)16-9-5-4-6-10-16/h4-12,14,19H,13H2,1-3H3. The van der Waals surface area contributed by atoms with Crippen molar-refractivity contribution in [2.24, 2.45) is 0 Å². The lowest BCUT2D eigenvalue weighted by molar-refractivity contribution is -0.117. The van der Waals surface area contributed by atoms with Crippen LogP contribution in [0.2, 0.25) is 0 Å². The van der Waals surface area contributed by atoms with Crippen molar-refractivity contribution < 1.29 is 4.79 Å². The summed E-state index contributed by atoms with van der Waals surface area (Å²) in [5.41, 5.74) is 3.40. The fourth-order valence-corrected chi connectivity index (χ4v) is 3.35. The Labute approximate surface area is 132 Å². The van der Waals surface area contributed by atoms with Crippen LogP contribution >= 0.6 is 0 Å². The molecule has 22 heavy (non-hydrogen) atoms. The van der Waals surface area contributed by atoms with Crippen LogP contribution in [-0.4, -0.2) is 19.0 Å². The highest BCUT2D eigenvalue weighted by Crippen LogP contribution is 2.41. The van der Waals surface area contributed by atoms with Crippen LogP contribution in [0.4, 0.5) is 11.4 Å². The van der Waals surface area contributed by atoms with Gasteiger partial charge >= 0.3 is 0 Å². The van der Waals surface area contributed by atoms with Crippen molar-refractivity contribution >= 4 is 17.3 Å². The van der Waals surface area contributed by atoms with Gasteiger partial charge in [0.1, 0.15) is 0 Å². The van der Waals surface area contributed by atoms with Gasteiger partial charge in [0, 0.05) is 31.4 Å². The maximum absolute atomic E-state index is 12.4. The van der Waals surface area contributed by atoms with E-state index in [9.17, 15) is 4.79 Å². The second-order valence-electron chi connectivity index (χ2n) is 5.99. The molecule has 0 saturated carbocycles. The Kier molecular flexibility index (Phi) is 3.88. The van der Waals surface area contributed by atoms with Crippen molar-refractivity contribution in [3.63, 3.8) is 0 Å². The molecule has 2 aromatic carbocycles. The smallest absolute Gasteiger partial charge is 0.224 e. The molecular formula is C19H22N2O. The molecule has 3 nitrogen and oxygen atoms in total. The second kappa shape index (κ2) is 5.84. The summed E-state index contributed by atoms with van der Waals surface area (Å²) in [6.07, 6.45) is 0.933. The molecule has 2 unspecified atom stereocenters. The molecular weight excluding hydrogens is 272 g/mol. The number of nitrogens with zero attached hydrogens (tertiary/aromatic N) is 2. The normalized spacial score (nSPS) is 20.4. The third-order valence-electron chi connectivity index (χ3n) is 4.59. The van der Waals surface area contributed by atoms with Crippen molar-refractivity contribution in [3.05, 3.63) is 60.2 Å². The van der Waals surface area contributed by atoms with E-state index >= 15 is 0 Å². The van der Waals surface area contributed by atoms with Gasteiger partial charge in [-0.3, -0.25) is 4.79 Å². The van der Waals surface area contributed by atoms with Crippen LogP contribution in [0.25, 0.3) is 0 Å². The zero-order valence-electron chi connectivity index (χ0n) is 13.4. The van der Waals surface area contributed by atoms with Gasteiger partial charge in [0.05, 0.1) is 6.04 Å². The Balaban J connectivity index is 2.09. The molecule has 1 heterocycles. The molecule has 3 heteroatoms. The van der Waals surface area contributed by atoms with Gasteiger partial charge < -0.3 is 9.80 Å². The number of benzene rings is 2. The lowest BCUT2D eigenvalue weighted by Gasteiger charge is -2.42. The highest BCUT2D eigenvalue weighted by Gasteiger charge is 2.33. The molecule has 0 aliphatic carbocycles. The second-order valence-corrected chi connectivity index (χ2v) is 5.99. The van der Waals surface area contributed by atoms with Crippen molar-refractivity contribution in [3.8, 4) is 0 Å². The van der Waals surface area contributed by atoms with Crippen molar-refractivity contribution in [1.82, 2.24) is 0 Å². The van der Waals surface area contributed by atoms with E-state index in [1.54, 1.807) is 6.92 Å². The largest absolute Gasteiger partial charge is 0.372 e. The number of hydrogen-bond donors (Lipinski definition) is 0. The first-order chi connectivity index (χ1) is 10.6. The van der Waals surface area contributed by atoms with E-state index in [1.807, 2.05) is 35.2 Å². The molecule has 0 saturated heterocycles. The molecule has 3 rings (SSSR count). The summed E-state index contributed by atoms with van der Waals surface area (Å²) in [5.74, 6) is 0.0859. The quantitative estimate of drug-likeness (QED) is 0.835. The van der Waals surface area contributed by atoms with Crippen LogP contribution in [-0.2, 0) is 4.79 Å². The highest BCUT2D eigenvalue weighted by molar-refractivity contribution is 5.92. The van der Waals surface area contributed by atoms with Gasteiger partial charge in [0.25, 0.3) is 0 Å². The lowest BCUT2D eigenvalue weighted by atomic mass is 9.90. The SMILES string of the molecule is CC(=O)N(c1ccccc1)C1CC(C)N(C)c2ccccc21. The zero-order valence-corrected chi connectivity index (χ0v) is 13.4. The monoisotopic (exact) mass is 294 g/mol. The van der Waals surface area contributed by atoms with Gasteiger partial charge in [-0.2, -0.15) is 0 Å². The molecule has 0 fully saturated rings. The van der Waals surface area contributed by atoms with Gasteiger partial charge in [-0.25, -0.2) is 0 Å². The van der Waals surface area contributed by atoms with Gasteiger partial charge in [-0.05, 0) is 37.1 Å². The topological polar surface area (TPSA) is 23.6 Å². The summed E-state index contributed by atoms with van der Waals surface area (Å²) in [7, 11) is 2.13. The van der Waals surface area contributed by atoms with E-state index in [0.717, 1.165) is 12.1 Å². The van der Waals surface area contributed by atoms with Crippen molar-refractivity contribution in [2.75, 3.05) is 16.8 Å². The number of hydrogen-bond acceptors (Lipinski definition) is 2. The van der Waals surface area contributed by atoms with Gasteiger partial charge in [-0.1, -0.05) is 36.4 Å². The maximum Gasteiger partial charge on any atom is 0.224 e. The Hall–Kier alpha value is -2.29. The average molecular weight is 294 g/mol. The van der Waals surface area contributed by atoms with Crippen molar-refractivity contribution in [2.45, 2.75) is 32.4 Å². The molecule has 0 radical (unpaired) electrons. The molecule has 0 aromatic heterocycles. The molecule has 114 valence electrons. The van der Waals surface area contributed by atoms with Crippen molar-refractivity contribution in [1.29, 1.82) is 0 Å². The maximum atomic E-state index is 12.4. The van der Waals surface area contributed by atoms with E-state index in [2.05, 4.69) is 43.1 Å². The predicted octanol–water partition coefficient (Wildman–Crippen LogP) is 4.01. The fourth-order valence-electron chi connectivity index (χ4n) is 3.35. The van der Waals surface area contributed by atoms with Crippen LogP contribution in [0.1, 0.15) is 31.9 Å². The number of anilines is 2. The summed E-state index contributed by atoms with van der Waals surface area (Å²) in [6, 6.07) is 18.8. The summed E-state index contributed by atoms with van der Waals surface area (Å²) < 4.78 is 0. The summed E-state index contributed by atoms with van der Waals surface area (Å²) in [6.45, 7) is 3.87. The fraction of sp³-hybridized carbons (Fsp3) is 0.316. The summed E-state index contributed by atoms with van der Waals surface area (Å²) in [4.78, 5) is 16.6. The predicted molar refractivity (Wildman–Crippen MR) is 91.3 cm³/mol. The first-order valence-corrected chi connectivity index (χ1v) is 7.76. The summed E-state index contributed by atoms with van der Waals surface area (Å²) >= 11 is 0. The third-order valence-corrected chi connectivity index (χ3v) is 4.59. The minimum atomic E-state index is 0.0855. The van der Waals surface area contributed by atoms with Crippen LogP contribution in [0.15, 0.2) is 54.6 Å². The number of carbonyl (C=O) groups is 1. The Morgan fingerprint density at radius 1 is 1.09 bits per heavy atom. The number of amides is 1. The van der Waals surface area contributed by atoms with E-state index in [-0.39, 0.29) is 11.9 Å². The minimum Gasteiger partial charge on any atom is -0.372 e. The van der Waals surface area contributed by atoms with Crippen LogP contribution < -0.4 is 9.80 Å². The van der Waals surface area contributed by atoms with Gasteiger partial charge in [-0.15, -0.1) is 0 Å². The molecule has 0 spiro atoms. The molecule has 0 N–H and O–H groups in total. The molecule has 1 aliphatic rings.